The molecule has 0 atom stereocenters. The van der Waals surface area contributed by atoms with Crippen LogP contribution < -0.4 is 11.3 Å². The molecule has 7 heteroatoms. The van der Waals surface area contributed by atoms with Crippen molar-refractivity contribution in [1.29, 1.82) is 0 Å². The summed E-state index contributed by atoms with van der Waals surface area (Å²) in [6.45, 7) is 3.89. The van der Waals surface area contributed by atoms with Gasteiger partial charge in [0, 0.05) is 12.0 Å². The lowest BCUT2D eigenvalue weighted by Gasteiger charge is -2.09. The summed E-state index contributed by atoms with van der Waals surface area (Å²) in [5.41, 5.74) is 2.86. The minimum Gasteiger partial charge on any atom is -0.308 e. The summed E-state index contributed by atoms with van der Waals surface area (Å²) >= 11 is 0. The molecule has 1 aromatic carbocycles. The van der Waals surface area contributed by atoms with Crippen LogP contribution in [-0.4, -0.2) is 14.9 Å². The molecule has 0 saturated heterocycles. The monoisotopic (exact) mass is 247 g/mol. The zero-order valence-electron chi connectivity index (χ0n) is 10.0. The van der Waals surface area contributed by atoms with Crippen molar-refractivity contribution in [2.24, 2.45) is 5.84 Å². The molecule has 0 aliphatic rings. The van der Waals surface area contributed by atoms with Crippen LogP contribution in [0.3, 0.4) is 0 Å². The standard InChI is InChI=1S/C11H13N5O2/c1-6(2)10-13-7-4-3-5-8(16(17)18)9(7)11(14-10)15-12/h3-6H,12H2,1-2H3,(H,13,14,15). The number of non-ortho nitro benzene ring substituents is 1. The van der Waals surface area contributed by atoms with E-state index in [0.29, 0.717) is 16.7 Å². The number of nitro groups is 1. The lowest BCUT2D eigenvalue weighted by atomic mass is 10.1. The zero-order valence-corrected chi connectivity index (χ0v) is 10.0. The maximum Gasteiger partial charge on any atom is 0.282 e. The molecule has 0 bridgehead atoms. The predicted molar refractivity (Wildman–Crippen MR) is 68.1 cm³/mol. The first-order chi connectivity index (χ1) is 8.54. The van der Waals surface area contributed by atoms with Gasteiger partial charge in [0.15, 0.2) is 5.82 Å². The van der Waals surface area contributed by atoms with E-state index in [1.807, 2.05) is 13.8 Å². The summed E-state index contributed by atoms with van der Waals surface area (Å²) in [5.74, 6) is 6.37. The number of benzene rings is 1. The number of hydrazine groups is 1. The molecular weight excluding hydrogens is 234 g/mol. The number of hydrogen-bond acceptors (Lipinski definition) is 6. The molecule has 0 saturated carbocycles. The molecule has 2 aromatic rings. The third kappa shape index (κ3) is 1.95. The van der Waals surface area contributed by atoms with Crippen molar-refractivity contribution in [2.75, 3.05) is 5.43 Å². The van der Waals surface area contributed by atoms with Crippen LogP contribution in [0.25, 0.3) is 10.9 Å². The van der Waals surface area contributed by atoms with Gasteiger partial charge in [-0.1, -0.05) is 19.9 Å². The van der Waals surface area contributed by atoms with E-state index in [-0.39, 0.29) is 17.4 Å². The number of nitrogens with zero attached hydrogens (tertiary/aromatic N) is 3. The van der Waals surface area contributed by atoms with Crippen molar-refractivity contribution in [1.82, 2.24) is 9.97 Å². The van der Waals surface area contributed by atoms with Crippen LogP contribution in [0.1, 0.15) is 25.6 Å². The number of nitrogens with one attached hydrogen (secondary N) is 1. The smallest absolute Gasteiger partial charge is 0.282 e. The van der Waals surface area contributed by atoms with Gasteiger partial charge in [0.05, 0.1) is 10.4 Å². The van der Waals surface area contributed by atoms with Crippen LogP contribution in [0, 0.1) is 10.1 Å². The largest absolute Gasteiger partial charge is 0.308 e. The van der Waals surface area contributed by atoms with Crippen LogP contribution in [-0.2, 0) is 0 Å². The SMILES string of the molecule is CC(C)c1nc(NN)c2c([N+](=O)[O-])cccc2n1. The average molecular weight is 247 g/mol. The molecule has 1 aromatic heterocycles. The van der Waals surface area contributed by atoms with Crippen molar-refractivity contribution in [2.45, 2.75) is 19.8 Å². The zero-order chi connectivity index (χ0) is 13.3. The molecule has 0 radical (unpaired) electrons. The van der Waals surface area contributed by atoms with E-state index in [1.54, 1.807) is 12.1 Å². The van der Waals surface area contributed by atoms with Crippen molar-refractivity contribution < 1.29 is 4.92 Å². The number of aromatic nitrogens is 2. The maximum atomic E-state index is 11.0. The van der Waals surface area contributed by atoms with Gasteiger partial charge in [-0.15, -0.1) is 0 Å². The first kappa shape index (κ1) is 12.2. The Morgan fingerprint density at radius 3 is 2.67 bits per heavy atom. The quantitative estimate of drug-likeness (QED) is 0.487. The molecule has 2 rings (SSSR count). The molecule has 0 amide bonds. The summed E-state index contributed by atoms with van der Waals surface area (Å²) in [6, 6.07) is 4.70. The van der Waals surface area contributed by atoms with Crippen molar-refractivity contribution in [3.8, 4) is 0 Å². The van der Waals surface area contributed by atoms with E-state index >= 15 is 0 Å². The molecule has 7 nitrogen and oxygen atoms in total. The second-order valence-electron chi connectivity index (χ2n) is 4.16. The van der Waals surface area contributed by atoms with Gasteiger partial charge in [0.2, 0.25) is 0 Å². The second-order valence-corrected chi connectivity index (χ2v) is 4.16. The fraction of sp³-hybridized carbons (Fsp3) is 0.273. The Bertz CT molecular complexity index is 612. The predicted octanol–water partition coefficient (Wildman–Crippen LogP) is 1.95. The molecule has 3 N–H and O–H groups in total. The first-order valence-corrected chi connectivity index (χ1v) is 5.46. The third-order valence-corrected chi connectivity index (χ3v) is 2.57. The minimum absolute atomic E-state index is 0.0595. The molecule has 0 aliphatic heterocycles. The number of anilines is 1. The maximum absolute atomic E-state index is 11.0. The highest BCUT2D eigenvalue weighted by molar-refractivity contribution is 5.96. The normalized spacial score (nSPS) is 10.9. The Hall–Kier alpha value is -2.28. The Kier molecular flexibility index (Phi) is 3.07. The van der Waals surface area contributed by atoms with Gasteiger partial charge in [-0.25, -0.2) is 15.8 Å². The number of fused-ring (bicyclic) bond motifs is 1. The highest BCUT2D eigenvalue weighted by Crippen LogP contribution is 2.30. The molecule has 1 heterocycles. The van der Waals surface area contributed by atoms with Crippen molar-refractivity contribution in [3.05, 3.63) is 34.1 Å². The Morgan fingerprint density at radius 2 is 2.11 bits per heavy atom. The Balaban J connectivity index is 2.83. The van der Waals surface area contributed by atoms with Gasteiger partial charge < -0.3 is 5.43 Å². The number of nitro benzene ring substituents is 1. The highest BCUT2D eigenvalue weighted by Gasteiger charge is 2.18. The van der Waals surface area contributed by atoms with E-state index in [4.69, 9.17) is 5.84 Å². The van der Waals surface area contributed by atoms with Crippen LogP contribution in [0.5, 0.6) is 0 Å². The van der Waals surface area contributed by atoms with Gasteiger partial charge >= 0.3 is 0 Å². The molecule has 94 valence electrons. The van der Waals surface area contributed by atoms with Gasteiger partial charge in [0.25, 0.3) is 5.69 Å². The molecule has 18 heavy (non-hydrogen) atoms. The van der Waals surface area contributed by atoms with Crippen molar-refractivity contribution in [3.63, 3.8) is 0 Å². The first-order valence-electron chi connectivity index (χ1n) is 5.46. The summed E-state index contributed by atoms with van der Waals surface area (Å²) in [5, 5.41) is 11.3. The minimum atomic E-state index is -0.471. The van der Waals surface area contributed by atoms with Crippen molar-refractivity contribution >= 4 is 22.4 Å². The van der Waals surface area contributed by atoms with Gasteiger partial charge in [-0.05, 0) is 6.07 Å². The third-order valence-electron chi connectivity index (χ3n) is 2.57. The van der Waals surface area contributed by atoms with Gasteiger partial charge in [0.1, 0.15) is 11.2 Å². The lowest BCUT2D eigenvalue weighted by molar-refractivity contribution is -0.383. The second kappa shape index (κ2) is 4.53. The van der Waals surface area contributed by atoms with E-state index < -0.39 is 4.92 Å². The summed E-state index contributed by atoms with van der Waals surface area (Å²) < 4.78 is 0. The molecule has 0 spiro atoms. The van der Waals surface area contributed by atoms with E-state index in [0.717, 1.165) is 0 Å². The fourth-order valence-corrected chi connectivity index (χ4v) is 1.70. The van der Waals surface area contributed by atoms with E-state index in [2.05, 4.69) is 15.4 Å². The molecule has 0 fully saturated rings. The molecular formula is C11H13N5O2. The number of nitrogen functional groups attached to an aromatic ring is 1. The van der Waals surface area contributed by atoms with Crippen LogP contribution in [0.15, 0.2) is 18.2 Å². The number of rotatable bonds is 3. The van der Waals surface area contributed by atoms with Gasteiger partial charge in [-0.3, -0.25) is 10.1 Å². The average Bonchev–Trinajstić information content (AvgIpc) is 2.36. The Labute approximate surface area is 103 Å². The Morgan fingerprint density at radius 1 is 1.39 bits per heavy atom. The highest BCUT2D eigenvalue weighted by atomic mass is 16.6. The summed E-state index contributed by atoms with van der Waals surface area (Å²) in [7, 11) is 0. The molecule has 0 aliphatic carbocycles. The fourth-order valence-electron chi connectivity index (χ4n) is 1.70. The summed E-state index contributed by atoms with van der Waals surface area (Å²) in [6.07, 6.45) is 0. The van der Waals surface area contributed by atoms with E-state index in [9.17, 15) is 10.1 Å². The van der Waals surface area contributed by atoms with Crippen LogP contribution in [0.2, 0.25) is 0 Å². The summed E-state index contributed by atoms with van der Waals surface area (Å²) in [4.78, 5) is 19.0. The van der Waals surface area contributed by atoms with E-state index in [1.165, 1.54) is 6.07 Å². The van der Waals surface area contributed by atoms with Crippen LogP contribution in [0.4, 0.5) is 11.5 Å². The lowest BCUT2D eigenvalue weighted by Crippen LogP contribution is -2.12. The molecule has 0 unspecified atom stereocenters. The van der Waals surface area contributed by atoms with Crippen LogP contribution >= 0.6 is 0 Å². The topological polar surface area (TPSA) is 107 Å². The van der Waals surface area contributed by atoms with Gasteiger partial charge in [-0.2, -0.15) is 0 Å². The number of nitrogens with two attached hydrogens (primary N) is 1. The number of hydrogen-bond donors (Lipinski definition) is 2.